The molecule has 7 nitrogen and oxygen atoms in total. The highest BCUT2D eigenvalue weighted by molar-refractivity contribution is 5.92. The van der Waals surface area contributed by atoms with Crippen molar-refractivity contribution in [3.8, 4) is 0 Å². The van der Waals surface area contributed by atoms with E-state index in [9.17, 15) is 9.59 Å². The van der Waals surface area contributed by atoms with E-state index < -0.39 is 0 Å². The third-order valence-electron chi connectivity index (χ3n) is 5.11. The predicted octanol–water partition coefficient (Wildman–Crippen LogP) is 1.63. The lowest BCUT2D eigenvalue weighted by Crippen LogP contribution is -2.32. The Morgan fingerprint density at radius 3 is 2.84 bits per heavy atom. The molecule has 1 saturated heterocycles. The molecule has 1 saturated carbocycles. The van der Waals surface area contributed by atoms with Gasteiger partial charge in [-0.1, -0.05) is 0 Å². The first-order valence-electron chi connectivity index (χ1n) is 8.62. The highest BCUT2D eigenvalue weighted by Gasteiger charge is 2.38. The number of aromatic amines is 1. The standard InChI is InChI=1S/C18H21N5O2/c1-23-16(24)8-13(17(23)12-4-6-19-7-5-12)10-20-18(25)15-9-14(21-22-15)11-2-3-11/h4-7,9,11,13,17H,2-3,8,10H2,1H3,(H,20,25)(H,21,22)/t13-,17-/m0/s1. The summed E-state index contributed by atoms with van der Waals surface area (Å²) in [6, 6.07) is 5.63. The zero-order chi connectivity index (χ0) is 17.4. The van der Waals surface area contributed by atoms with Gasteiger partial charge in [-0.05, 0) is 36.6 Å². The first kappa shape index (κ1) is 15.8. The van der Waals surface area contributed by atoms with Crippen molar-refractivity contribution in [2.75, 3.05) is 13.6 Å². The quantitative estimate of drug-likeness (QED) is 0.866. The van der Waals surface area contributed by atoms with Crippen LogP contribution in [0.3, 0.4) is 0 Å². The molecule has 1 aliphatic carbocycles. The molecule has 0 spiro atoms. The molecule has 25 heavy (non-hydrogen) atoms. The van der Waals surface area contributed by atoms with Gasteiger partial charge in [-0.3, -0.25) is 19.7 Å². The summed E-state index contributed by atoms with van der Waals surface area (Å²) in [4.78, 5) is 30.3. The maximum Gasteiger partial charge on any atom is 0.271 e. The molecule has 2 fully saturated rings. The molecule has 0 bridgehead atoms. The van der Waals surface area contributed by atoms with Gasteiger partial charge in [0.2, 0.25) is 5.91 Å². The lowest BCUT2D eigenvalue weighted by Gasteiger charge is -2.25. The van der Waals surface area contributed by atoms with Gasteiger partial charge in [-0.15, -0.1) is 0 Å². The van der Waals surface area contributed by atoms with Crippen LogP contribution in [0.2, 0.25) is 0 Å². The highest BCUT2D eigenvalue weighted by Crippen LogP contribution is 2.39. The number of hydrogen-bond donors (Lipinski definition) is 2. The van der Waals surface area contributed by atoms with Crippen molar-refractivity contribution in [3.05, 3.63) is 47.5 Å². The second-order valence-electron chi connectivity index (χ2n) is 6.89. The summed E-state index contributed by atoms with van der Waals surface area (Å²) in [5.74, 6) is 0.465. The number of aromatic nitrogens is 3. The second kappa shape index (κ2) is 6.31. The molecule has 1 aliphatic heterocycles. The number of nitrogens with zero attached hydrogens (tertiary/aromatic N) is 3. The predicted molar refractivity (Wildman–Crippen MR) is 90.8 cm³/mol. The minimum Gasteiger partial charge on any atom is -0.350 e. The average molecular weight is 339 g/mol. The van der Waals surface area contributed by atoms with Gasteiger partial charge in [0.25, 0.3) is 5.91 Å². The van der Waals surface area contributed by atoms with Crippen molar-refractivity contribution in [2.24, 2.45) is 5.92 Å². The first-order valence-corrected chi connectivity index (χ1v) is 8.62. The fourth-order valence-electron chi connectivity index (χ4n) is 3.56. The van der Waals surface area contributed by atoms with Crippen LogP contribution in [0, 0.1) is 5.92 Å². The zero-order valence-electron chi connectivity index (χ0n) is 14.1. The molecular formula is C18H21N5O2. The van der Waals surface area contributed by atoms with Crippen LogP contribution in [0.4, 0.5) is 0 Å². The van der Waals surface area contributed by atoms with Gasteiger partial charge in [0.1, 0.15) is 5.69 Å². The first-order chi connectivity index (χ1) is 12.1. The van der Waals surface area contributed by atoms with Crippen molar-refractivity contribution in [3.63, 3.8) is 0 Å². The van der Waals surface area contributed by atoms with Crippen molar-refractivity contribution >= 4 is 11.8 Å². The maximum atomic E-state index is 12.4. The molecule has 4 rings (SSSR count). The zero-order valence-corrected chi connectivity index (χ0v) is 14.1. The lowest BCUT2D eigenvalue weighted by molar-refractivity contribution is -0.127. The van der Waals surface area contributed by atoms with E-state index in [2.05, 4.69) is 20.5 Å². The summed E-state index contributed by atoms with van der Waals surface area (Å²) in [7, 11) is 1.81. The van der Waals surface area contributed by atoms with E-state index in [0.717, 1.165) is 24.1 Å². The summed E-state index contributed by atoms with van der Waals surface area (Å²) in [5.41, 5.74) is 2.49. The molecule has 3 heterocycles. The minimum atomic E-state index is -0.196. The summed E-state index contributed by atoms with van der Waals surface area (Å²) >= 11 is 0. The van der Waals surface area contributed by atoms with Crippen LogP contribution in [-0.2, 0) is 4.79 Å². The molecule has 2 aliphatic rings. The van der Waals surface area contributed by atoms with Gasteiger partial charge in [-0.25, -0.2) is 0 Å². The molecule has 0 aromatic carbocycles. The van der Waals surface area contributed by atoms with E-state index in [1.807, 2.05) is 25.2 Å². The topological polar surface area (TPSA) is 91.0 Å². The fraction of sp³-hybridized carbons (Fsp3) is 0.444. The fourth-order valence-corrected chi connectivity index (χ4v) is 3.56. The average Bonchev–Trinajstić information content (AvgIpc) is 3.29. The molecule has 7 heteroatoms. The normalized spacial score (nSPS) is 23.1. The smallest absolute Gasteiger partial charge is 0.271 e. The highest BCUT2D eigenvalue weighted by atomic mass is 16.2. The SMILES string of the molecule is CN1C(=O)C[C@@H](CNC(=O)c2cc(C3CC3)[nH]n2)[C@@H]1c1ccncc1. The van der Waals surface area contributed by atoms with Gasteiger partial charge >= 0.3 is 0 Å². The summed E-state index contributed by atoms with van der Waals surface area (Å²) in [5, 5.41) is 9.99. The van der Waals surface area contributed by atoms with Crippen LogP contribution in [0.25, 0.3) is 0 Å². The Morgan fingerprint density at radius 1 is 1.36 bits per heavy atom. The summed E-state index contributed by atoms with van der Waals surface area (Å²) < 4.78 is 0. The van der Waals surface area contributed by atoms with Gasteiger partial charge < -0.3 is 10.2 Å². The van der Waals surface area contributed by atoms with E-state index in [1.165, 1.54) is 0 Å². The number of pyridine rings is 1. The Balaban J connectivity index is 1.43. The number of amides is 2. The molecule has 0 radical (unpaired) electrons. The molecule has 0 unspecified atom stereocenters. The number of rotatable bonds is 5. The number of likely N-dealkylation sites (tertiary alicyclic amines) is 1. The lowest BCUT2D eigenvalue weighted by atomic mass is 9.94. The Labute approximate surface area is 145 Å². The van der Waals surface area contributed by atoms with E-state index >= 15 is 0 Å². The van der Waals surface area contributed by atoms with Crippen LogP contribution in [-0.4, -0.2) is 45.5 Å². The number of hydrogen-bond acceptors (Lipinski definition) is 4. The molecule has 130 valence electrons. The summed E-state index contributed by atoms with van der Waals surface area (Å²) in [6.07, 6.45) is 6.20. The van der Waals surface area contributed by atoms with E-state index in [4.69, 9.17) is 0 Å². The van der Waals surface area contributed by atoms with Crippen molar-refractivity contribution < 1.29 is 9.59 Å². The number of carbonyl (C=O) groups is 2. The van der Waals surface area contributed by atoms with Crippen molar-refractivity contribution in [1.29, 1.82) is 0 Å². The number of H-pyrrole nitrogens is 1. The molecule has 2 aromatic heterocycles. The largest absolute Gasteiger partial charge is 0.350 e. The van der Waals surface area contributed by atoms with Crippen LogP contribution in [0.1, 0.15) is 53.0 Å². The van der Waals surface area contributed by atoms with E-state index in [0.29, 0.717) is 24.6 Å². The van der Waals surface area contributed by atoms with Crippen LogP contribution >= 0.6 is 0 Å². The van der Waals surface area contributed by atoms with Crippen molar-refractivity contribution in [1.82, 2.24) is 25.4 Å². The van der Waals surface area contributed by atoms with Gasteiger partial charge in [0.15, 0.2) is 0 Å². The monoisotopic (exact) mass is 339 g/mol. The molecule has 2 N–H and O–H groups in total. The summed E-state index contributed by atoms with van der Waals surface area (Å²) in [6.45, 7) is 0.438. The van der Waals surface area contributed by atoms with Gasteiger partial charge in [-0.2, -0.15) is 5.10 Å². The third-order valence-corrected chi connectivity index (χ3v) is 5.11. The van der Waals surface area contributed by atoms with E-state index in [-0.39, 0.29) is 23.8 Å². The molecular weight excluding hydrogens is 318 g/mol. The Morgan fingerprint density at radius 2 is 2.12 bits per heavy atom. The van der Waals surface area contributed by atoms with Gasteiger partial charge in [0, 0.05) is 49.9 Å². The van der Waals surface area contributed by atoms with Crippen LogP contribution in [0.5, 0.6) is 0 Å². The number of carbonyl (C=O) groups excluding carboxylic acids is 2. The molecule has 2 amide bonds. The second-order valence-corrected chi connectivity index (χ2v) is 6.89. The van der Waals surface area contributed by atoms with Crippen LogP contribution in [0.15, 0.2) is 30.6 Å². The Kier molecular flexibility index (Phi) is 3.99. The molecule has 2 aromatic rings. The van der Waals surface area contributed by atoms with Crippen LogP contribution < -0.4 is 5.32 Å². The van der Waals surface area contributed by atoms with Gasteiger partial charge in [0.05, 0.1) is 6.04 Å². The maximum absolute atomic E-state index is 12.4. The Bertz CT molecular complexity index is 784. The third kappa shape index (κ3) is 3.14. The van der Waals surface area contributed by atoms with E-state index in [1.54, 1.807) is 17.3 Å². The van der Waals surface area contributed by atoms with Crippen molar-refractivity contribution in [2.45, 2.75) is 31.2 Å². The Hall–Kier alpha value is -2.70. The number of nitrogens with one attached hydrogen (secondary N) is 2. The molecule has 2 atom stereocenters. The minimum absolute atomic E-state index is 0.0331.